The monoisotopic (exact) mass is 502 g/mol. The van der Waals surface area contributed by atoms with Crippen molar-refractivity contribution in [1.29, 1.82) is 0 Å². The molecule has 0 fully saturated rings. The van der Waals surface area contributed by atoms with Gasteiger partial charge in [0.1, 0.15) is 11.6 Å². The van der Waals surface area contributed by atoms with Gasteiger partial charge in [0.25, 0.3) is 0 Å². The van der Waals surface area contributed by atoms with Gasteiger partial charge in [-0.2, -0.15) is 0 Å². The fraction of sp³-hybridized carbons (Fsp3) is 0.0714. The van der Waals surface area contributed by atoms with E-state index >= 15 is 0 Å². The lowest BCUT2D eigenvalue weighted by atomic mass is 10.2. The number of aryl methyl sites for hydroxylation is 1. The Labute approximate surface area is 142 Å². The molecule has 0 saturated heterocycles. The third-order valence-electron chi connectivity index (χ3n) is 2.30. The van der Waals surface area contributed by atoms with E-state index in [-0.39, 0.29) is 11.4 Å². The van der Waals surface area contributed by atoms with Crippen LogP contribution in [0.3, 0.4) is 0 Å². The van der Waals surface area contributed by atoms with E-state index in [9.17, 15) is 13.6 Å². The van der Waals surface area contributed by atoms with Crippen molar-refractivity contribution in [3.63, 3.8) is 0 Å². The molecule has 0 aliphatic heterocycles. The third kappa shape index (κ3) is 5.31. The molecule has 106 valence electrons. The SMILES string of the molecule is Cc1ccc(I)cc1F.O=C(O)c1ccc(I)cc1F. The van der Waals surface area contributed by atoms with Gasteiger partial charge < -0.3 is 5.11 Å². The maximum absolute atomic E-state index is 12.7. The molecule has 0 unspecified atom stereocenters. The van der Waals surface area contributed by atoms with Gasteiger partial charge in [-0.05, 0) is 88.0 Å². The van der Waals surface area contributed by atoms with Crippen molar-refractivity contribution in [1.82, 2.24) is 0 Å². The van der Waals surface area contributed by atoms with E-state index in [1.165, 1.54) is 18.2 Å². The summed E-state index contributed by atoms with van der Waals surface area (Å²) in [7, 11) is 0. The quantitative estimate of drug-likeness (QED) is 0.566. The second-order valence-electron chi connectivity index (χ2n) is 3.82. The van der Waals surface area contributed by atoms with Crippen molar-refractivity contribution in [2.24, 2.45) is 0 Å². The molecule has 2 aromatic carbocycles. The fourth-order valence-corrected chi connectivity index (χ4v) is 2.14. The van der Waals surface area contributed by atoms with Crippen LogP contribution in [0.2, 0.25) is 0 Å². The summed E-state index contributed by atoms with van der Waals surface area (Å²) in [5, 5.41) is 8.41. The molecule has 0 bridgehead atoms. The number of carboxylic acid groups (broad SMARTS) is 1. The number of rotatable bonds is 1. The summed E-state index contributed by atoms with van der Waals surface area (Å²) in [6, 6.07) is 9.17. The summed E-state index contributed by atoms with van der Waals surface area (Å²) >= 11 is 3.99. The molecule has 0 spiro atoms. The summed E-state index contributed by atoms with van der Waals surface area (Å²) in [4.78, 5) is 10.3. The zero-order valence-electron chi connectivity index (χ0n) is 10.3. The van der Waals surface area contributed by atoms with E-state index in [2.05, 4.69) is 22.6 Å². The maximum atomic E-state index is 12.7. The van der Waals surface area contributed by atoms with Crippen molar-refractivity contribution < 1.29 is 18.7 Å². The first-order chi connectivity index (χ1) is 9.31. The van der Waals surface area contributed by atoms with Gasteiger partial charge in [0.05, 0.1) is 5.56 Å². The average molecular weight is 502 g/mol. The molecule has 0 aliphatic carbocycles. The Balaban J connectivity index is 0.000000204. The summed E-state index contributed by atoms with van der Waals surface area (Å²) in [6.07, 6.45) is 0. The zero-order valence-corrected chi connectivity index (χ0v) is 14.6. The van der Waals surface area contributed by atoms with Gasteiger partial charge in [0.15, 0.2) is 0 Å². The van der Waals surface area contributed by atoms with Gasteiger partial charge in [0.2, 0.25) is 0 Å². The normalized spacial score (nSPS) is 9.65. The molecule has 0 amide bonds. The fourth-order valence-electron chi connectivity index (χ4n) is 1.23. The summed E-state index contributed by atoms with van der Waals surface area (Å²) < 4.78 is 26.9. The number of benzene rings is 2. The van der Waals surface area contributed by atoms with Crippen LogP contribution in [0.25, 0.3) is 0 Å². The Morgan fingerprint density at radius 3 is 1.90 bits per heavy atom. The minimum absolute atomic E-state index is 0.123. The first kappa shape index (κ1) is 17.3. The van der Waals surface area contributed by atoms with Crippen LogP contribution in [-0.4, -0.2) is 11.1 Å². The molecule has 2 rings (SSSR count). The maximum Gasteiger partial charge on any atom is 0.338 e. The van der Waals surface area contributed by atoms with E-state index in [0.717, 1.165) is 3.57 Å². The highest BCUT2D eigenvalue weighted by atomic mass is 127. The van der Waals surface area contributed by atoms with Crippen molar-refractivity contribution in [3.8, 4) is 0 Å². The Kier molecular flexibility index (Phi) is 6.80. The average Bonchev–Trinajstić information content (AvgIpc) is 2.34. The number of halogens is 4. The van der Waals surface area contributed by atoms with Crippen LogP contribution in [0.5, 0.6) is 0 Å². The van der Waals surface area contributed by atoms with E-state index in [1.54, 1.807) is 19.1 Å². The lowest BCUT2D eigenvalue weighted by Crippen LogP contribution is -1.99. The van der Waals surface area contributed by atoms with Gasteiger partial charge >= 0.3 is 5.97 Å². The third-order valence-corrected chi connectivity index (χ3v) is 3.64. The Morgan fingerprint density at radius 2 is 1.50 bits per heavy atom. The molecule has 1 N–H and O–H groups in total. The Bertz CT molecular complexity index is 631. The Morgan fingerprint density at radius 1 is 1.00 bits per heavy atom. The predicted octanol–water partition coefficient (Wildman–Crippen LogP) is 4.87. The first-order valence-corrected chi connectivity index (χ1v) is 7.57. The molecular weight excluding hydrogens is 492 g/mol. The van der Waals surface area contributed by atoms with Crippen LogP contribution < -0.4 is 0 Å². The number of aromatic carboxylic acids is 1. The molecule has 0 radical (unpaired) electrons. The lowest BCUT2D eigenvalue weighted by Gasteiger charge is -1.95. The van der Waals surface area contributed by atoms with E-state index in [4.69, 9.17) is 5.11 Å². The molecule has 0 atom stereocenters. The predicted molar refractivity (Wildman–Crippen MR) is 89.9 cm³/mol. The van der Waals surface area contributed by atoms with Crippen LogP contribution in [0.15, 0.2) is 36.4 Å². The number of hydrogen-bond donors (Lipinski definition) is 1. The van der Waals surface area contributed by atoms with Crippen molar-refractivity contribution in [2.75, 3.05) is 0 Å². The second-order valence-corrected chi connectivity index (χ2v) is 6.31. The van der Waals surface area contributed by atoms with Crippen molar-refractivity contribution in [2.45, 2.75) is 6.92 Å². The molecule has 2 nitrogen and oxygen atoms in total. The topological polar surface area (TPSA) is 37.3 Å². The van der Waals surface area contributed by atoms with Gasteiger partial charge in [0, 0.05) is 7.14 Å². The molecule has 6 heteroatoms. The number of carbonyl (C=O) groups is 1. The Hall–Kier alpha value is -0.770. The van der Waals surface area contributed by atoms with Crippen LogP contribution >= 0.6 is 45.2 Å². The molecule has 0 saturated carbocycles. The van der Waals surface area contributed by atoms with Crippen LogP contribution in [0.4, 0.5) is 8.78 Å². The van der Waals surface area contributed by atoms with Crippen molar-refractivity contribution >= 4 is 51.2 Å². The highest BCUT2D eigenvalue weighted by molar-refractivity contribution is 14.1. The van der Waals surface area contributed by atoms with Gasteiger partial charge in [-0.1, -0.05) is 6.07 Å². The van der Waals surface area contributed by atoms with Crippen molar-refractivity contribution in [3.05, 3.63) is 66.3 Å². The van der Waals surface area contributed by atoms with Gasteiger partial charge in [-0.15, -0.1) is 0 Å². The molecule has 2 aromatic rings. The summed E-state index contributed by atoms with van der Waals surface area (Å²) in [5.41, 5.74) is 0.417. The first-order valence-electron chi connectivity index (χ1n) is 5.41. The standard InChI is InChI=1S/C7H4FIO2.C7H6FI/c8-6-3-4(9)1-2-5(6)7(10)11;1-5-2-3-6(9)4-7(5)8/h1-3H,(H,10,11);2-4H,1H3. The van der Waals surface area contributed by atoms with E-state index in [1.807, 2.05) is 28.7 Å². The van der Waals surface area contributed by atoms with E-state index in [0.29, 0.717) is 9.13 Å². The second kappa shape index (κ2) is 7.87. The minimum atomic E-state index is -1.24. The van der Waals surface area contributed by atoms with Crippen LogP contribution in [-0.2, 0) is 0 Å². The van der Waals surface area contributed by atoms with E-state index < -0.39 is 11.8 Å². The van der Waals surface area contributed by atoms with Crippen LogP contribution in [0, 0.1) is 25.7 Å². The molecule has 0 heterocycles. The number of carboxylic acids is 1. The highest BCUT2D eigenvalue weighted by Gasteiger charge is 2.08. The summed E-state index contributed by atoms with van der Waals surface area (Å²) in [5.74, 6) is -2.05. The molecular formula is C14H10F2I2O2. The highest BCUT2D eigenvalue weighted by Crippen LogP contribution is 2.12. The molecule has 0 aromatic heterocycles. The molecule has 20 heavy (non-hydrogen) atoms. The van der Waals surface area contributed by atoms with Crippen LogP contribution in [0.1, 0.15) is 15.9 Å². The zero-order chi connectivity index (χ0) is 15.3. The van der Waals surface area contributed by atoms with Gasteiger partial charge in [-0.3, -0.25) is 0 Å². The largest absolute Gasteiger partial charge is 0.478 e. The summed E-state index contributed by atoms with van der Waals surface area (Å²) in [6.45, 7) is 1.76. The molecule has 0 aliphatic rings. The number of hydrogen-bond acceptors (Lipinski definition) is 1. The smallest absolute Gasteiger partial charge is 0.338 e. The lowest BCUT2D eigenvalue weighted by molar-refractivity contribution is 0.0692. The minimum Gasteiger partial charge on any atom is -0.478 e. The van der Waals surface area contributed by atoms with Gasteiger partial charge in [-0.25, -0.2) is 13.6 Å².